The average molecular weight is 361 g/mol. The largest absolute Gasteiger partial charge is 0.454 e. The van der Waals surface area contributed by atoms with Gasteiger partial charge in [0.25, 0.3) is 5.91 Å². The van der Waals surface area contributed by atoms with Crippen molar-refractivity contribution in [3.63, 3.8) is 0 Å². The second kappa shape index (κ2) is 9.41. The van der Waals surface area contributed by atoms with Gasteiger partial charge in [-0.25, -0.2) is 4.79 Å². The molecule has 0 aromatic heterocycles. The minimum atomic E-state index is -4.60. The van der Waals surface area contributed by atoms with Crippen molar-refractivity contribution >= 4 is 17.6 Å². The second-order valence-electron chi connectivity index (χ2n) is 5.89. The smallest absolute Gasteiger partial charge is 0.418 e. The monoisotopic (exact) mass is 361 g/mol. The van der Waals surface area contributed by atoms with Crippen LogP contribution in [0.25, 0.3) is 0 Å². The molecule has 0 aliphatic heterocycles. The molecule has 0 aliphatic carbocycles. The first-order valence-electron chi connectivity index (χ1n) is 7.85. The van der Waals surface area contributed by atoms with Gasteiger partial charge in [0, 0.05) is 6.61 Å². The van der Waals surface area contributed by atoms with E-state index in [1.54, 1.807) is 0 Å². The fourth-order valence-electron chi connectivity index (χ4n) is 1.83. The summed E-state index contributed by atoms with van der Waals surface area (Å²) in [4.78, 5) is 23.4. The summed E-state index contributed by atoms with van der Waals surface area (Å²) in [6.07, 6.45) is -4.68. The van der Waals surface area contributed by atoms with Crippen molar-refractivity contribution in [2.24, 2.45) is 5.92 Å². The lowest BCUT2D eigenvalue weighted by Crippen LogP contribution is -2.28. The maximum Gasteiger partial charge on any atom is 0.418 e. The van der Waals surface area contributed by atoms with Crippen LogP contribution in [-0.2, 0) is 25.2 Å². The normalized spacial score (nSPS) is 12.8. The van der Waals surface area contributed by atoms with Crippen LogP contribution in [0.15, 0.2) is 24.3 Å². The molecule has 0 heterocycles. The number of halogens is 3. The molecule has 0 fully saturated rings. The third-order valence-electron chi connectivity index (χ3n) is 3.25. The Morgan fingerprint density at radius 1 is 1.16 bits per heavy atom. The van der Waals surface area contributed by atoms with E-state index >= 15 is 0 Å². The van der Waals surface area contributed by atoms with E-state index in [9.17, 15) is 22.8 Å². The van der Waals surface area contributed by atoms with E-state index in [1.807, 2.05) is 13.8 Å². The molecule has 25 heavy (non-hydrogen) atoms. The predicted octanol–water partition coefficient (Wildman–Crippen LogP) is 3.64. The van der Waals surface area contributed by atoms with Crippen molar-refractivity contribution < 1.29 is 32.2 Å². The van der Waals surface area contributed by atoms with Gasteiger partial charge in [-0.3, -0.25) is 4.79 Å². The van der Waals surface area contributed by atoms with Gasteiger partial charge >= 0.3 is 12.1 Å². The van der Waals surface area contributed by atoms with Crippen LogP contribution in [0.1, 0.15) is 32.8 Å². The van der Waals surface area contributed by atoms with Crippen molar-refractivity contribution in [2.45, 2.75) is 39.5 Å². The highest BCUT2D eigenvalue weighted by Gasteiger charge is 2.33. The van der Waals surface area contributed by atoms with E-state index in [0.29, 0.717) is 12.5 Å². The maximum atomic E-state index is 12.8. The molecule has 1 aromatic rings. The van der Waals surface area contributed by atoms with Gasteiger partial charge in [0.1, 0.15) is 0 Å². The number of hydrogen-bond donors (Lipinski definition) is 1. The van der Waals surface area contributed by atoms with Gasteiger partial charge in [0.2, 0.25) is 0 Å². The van der Waals surface area contributed by atoms with E-state index in [-0.39, 0.29) is 0 Å². The van der Waals surface area contributed by atoms with E-state index < -0.39 is 42.0 Å². The Balaban J connectivity index is 2.49. The number of carbonyl (C=O) groups excluding carboxylic acids is 2. The third-order valence-corrected chi connectivity index (χ3v) is 3.25. The molecular formula is C17H22F3NO4. The zero-order chi connectivity index (χ0) is 19.0. The van der Waals surface area contributed by atoms with Gasteiger partial charge in [0.15, 0.2) is 12.7 Å². The van der Waals surface area contributed by atoms with Crippen LogP contribution in [-0.4, -0.2) is 31.2 Å². The quantitative estimate of drug-likeness (QED) is 0.718. The molecule has 1 rings (SSSR count). The summed E-state index contributed by atoms with van der Waals surface area (Å²) >= 11 is 0. The molecule has 140 valence electrons. The van der Waals surface area contributed by atoms with Gasteiger partial charge in [-0.2, -0.15) is 13.2 Å². The summed E-state index contributed by atoms with van der Waals surface area (Å²) in [6.45, 7) is 5.19. The highest BCUT2D eigenvalue weighted by molar-refractivity contribution is 5.93. The van der Waals surface area contributed by atoms with Gasteiger partial charge in [-0.05, 0) is 31.4 Å². The lowest BCUT2D eigenvalue weighted by molar-refractivity contribution is -0.158. The van der Waals surface area contributed by atoms with E-state index in [0.717, 1.165) is 18.6 Å². The Bertz CT molecular complexity index is 588. The number of para-hydroxylation sites is 1. The third kappa shape index (κ3) is 7.55. The number of esters is 1. The van der Waals surface area contributed by atoms with Crippen LogP contribution in [0.2, 0.25) is 0 Å². The topological polar surface area (TPSA) is 64.6 Å². The van der Waals surface area contributed by atoms with E-state index in [4.69, 9.17) is 9.47 Å². The average Bonchev–Trinajstić information content (AvgIpc) is 2.51. The van der Waals surface area contributed by atoms with Crippen molar-refractivity contribution in [1.29, 1.82) is 0 Å². The van der Waals surface area contributed by atoms with Crippen LogP contribution in [0.5, 0.6) is 0 Å². The van der Waals surface area contributed by atoms with Gasteiger partial charge < -0.3 is 14.8 Å². The number of rotatable bonds is 8. The SMILES string of the molecule is CC(C)CCOC(C)C(=O)OCC(=O)Nc1ccccc1C(F)(F)F. The molecule has 0 saturated carbocycles. The maximum absolute atomic E-state index is 12.8. The Morgan fingerprint density at radius 2 is 1.80 bits per heavy atom. The molecule has 0 radical (unpaired) electrons. The van der Waals surface area contributed by atoms with Crippen LogP contribution in [0.3, 0.4) is 0 Å². The number of carbonyl (C=O) groups is 2. The minimum Gasteiger partial charge on any atom is -0.454 e. The summed E-state index contributed by atoms with van der Waals surface area (Å²) in [5, 5.41) is 2.09. The fourth-order valence-corrected chi connectivity index (χ4v) is 1.83. The number of benzene rings is 1. The number of alkyl halides is 3. The molecule has 1 atom stereocenters. The minimum absolute atomic E-state index is 0.374. The molecule has 0 spiro atoms. The van der Waals surface area contributed by atoms with E-state index in [2.05, 4.69) is 5.32 Å². The Kier molecular flexibility index (Phi) is 7.89. The van der Waals surface area contributed by atoms with Crippen LogP contribution in [0, 0.1) is 5.92 Å². The molecular weight excluding hydrogens is 339 g/mol. The Morgan fingerprint density at radius 3 is 2.40 bits per heavy atom. The highest BCUT2D eigenvalue weighted by atomic mass is 19.4. The first-order valence-corrected chi connectivity index (χ1v) is 7.85. The molecule has 0 bridgehead atoms. The van der Waals surface area contributed by atoms with Crippen LogP contribution in [0.4, 0.5) is 18.9 Å². The van der Waals surface area contributed by atoms with Crippen LogP contribution < -0.4 is 5.32 Å². The number of hydrogen-bond acceptors (Lipinski definition) is 4. The zero-order valence-corrected chi connectivity index (χ0v) is 14.4. The van der Waals surface area contributed by atoms with Gasteiger partial charge in [-0.1, -0.05) is 26.0 Å². The Hall–Kier alpha value is -2.09. The molecule has 1 unspecified atom stereocenters. The van der Waals surface area contributed by atoms with E-state index in [1.165, 1.54) is 19.1 Å². The second-order valence-corrected chi connectivity index (χ2v) is 5.89. The van der Waals surface area contributed by atoms with Crippen molar-refractivity contribution in [1.82, 2.24) is 0 Å². The summed E-state index contributed by atoms with van der Waals surface area (Å²) in [5.74, 6) is -1.19. The Labute approximate surface area is 144 Å². The summed E-state index contributed by atoms with van der Waals surface area (Å²) in [7, 11) is 0. The molecule has 5 nitrogen and oxygen atoms in total. The molecule has 0 saturated heterocycles. The number of ether oxygens (including phenoxy) is 2. The van der Waals surface area contributed by atoms with Crippen molar-refractivity contribution in [3.8, 4) is 0 Å². The molecule has 1 N–H and O–H groups in total. The lowest BCUT2D eigenvalue weighted by Gasteiger charge is -2.15. The highest BCUT2D eigenvalue weighted by Crippen LogP contribution is 2.34. The summed E-state index contributed by atoms with van der Waals surface area (Å²) < 4.78 is 48.6. The number of nitrogens with one attached hydrogen (secondary N) is 1. The first-order chi connectivity index (χ1) is 11.6. The predicted molar refractivity (Wildman–Crippen MR) is 85.9 cm³/mol. The van der Waals surface area contributed by atoms with Crippen molar-refractivity contribution in [3.05, 3.63) is 29.8 Å². The van der Waals surface area contributed by atoms with Crippen molar-refractivity contribution in [2.75, 3.05) is 18.5 Å². The van der Waals surface area contributed by atoms with Gasteiger partial charge in [-0.15, -0.1) is 0 Å². The van der Waals surface area contributed by atoms with Gasteiger partial charge in [0.05, 0.1) is 11.3 Å². The molecule has 1 amide bonds. The fraction of sp³-hybridized carbons (Fsp3) is 0.529. The standard InChI is InChI=1S/C17H22F3NO4/c1-11(2)8-9-24-12(3)16(23)25-10-15(22)21-14-7-5-4-6-13(14)17(18,19)20/h4-7,11-12H,8-10H2,1-3H3,(H,21,22). The number of amides is 1. The summed E-state index contributed by atoms with van der Waals surface area (Å²) in [6, 6.07) is 4.56. The zero-order valence-electron chi connectivity index (χ0n) is 14.4. The molecule has 0 aliphatic rings. The molecule has 1 aromatic carbocycles. The summed E-state index contributed by atoms with van der Waals surface area (Å²) in [5.41, 5.74) is -1.36. The lowest BCUT2D eigenvalue weighted by atomic mass is 10.1. The number of anilines is 1. The first kappa shape index (κ1) is 21.0. The molecule has 8 heteroatoms. The van der Waals surface area contributed by atoms with Crippen LogP contribution >= 0.6 is 0 Å².